The van der Waals surface area contributed by atoms with E-state index in [4.69, 9.17) is 0 Å². The Morgan fingerprint density at radius 1 is 1.00 bits per heavy atom. The van der Waals surface area contributed by atoms with Gasteiger partial charge < -0.3 is 10.2 Å². The highest BCUT2D eigenvalue weighted by atomic mass is 16.3. The number of nitrogens with zero attached hydrogens (tertiary/aromatic N) is 3. The monoisotopic (exact) mass is 307 g/mol. The van der Waals surface area contributed by atoms with E-state index in [9.17, 15) is 15.0 Å². The number of amides is 1. The fourth-order valence-corrected chi connectivity index (χ4v) is 2.29. The van der Waals surface area contributed by atoms with Gasteiger partial charge in [0.2, 0.25) is 0 Å². The van der Waals surface area contributed by atoms with Gasteiger partial charge in [-0.05, 0) is 19.1 Å². The van der Waals surface area contributed by atoms with Crippen LogP contribution in [0.4, 0.5) is 5.69 Å². The molecule has 6 heteroatoms. The van der Waals surface area contributed by atoms with Crippen molar-refractivity contribution < 1.29 is 15.0 Å². The zero-order chi connectivity index (χ0) is 16.4. The lowest BCUT2D eigenvalue weighted by atomic mass is 10.0. The Bertz CT molecular complexity index is 921. The van der Waals surface area contributed by atoms with E-state index in [1.165, 1.54) is 24.5 Å². The number of azo groups is 1. The van der Waals surface area contributed by atoms with Crippen molar-refractivity contribution in [2.45, 2.75) is 6.92 Å². The maximum Gasteiger partial charge on any atom is 0.295 e. The Balaban J connectivity index is 2.07. The minimum atomic E-state index is -0.557. The number of benzene rings is 2. The molecule has 0 radical (unpaired) electrons. The fraction of sp³-hybridized carbons (Fsp3) is 0.0588. The summed E-state index contributed by atoms with van der Waals surface area (Å²) in [5, 5.41) is 29.0. The van der Waals surface area contributed by atoms with Gasteiger partial charge in [-0.2, -0.15) is 0 Å². The van der Waals surface area contributed by atoms with E-state index < -0.39 is 5.91 Å². The smallest absolute Gasteiger partial charge is 0.295 e. The van der Waals surface area contributed by atoms with Crippen LogP contribution in [0.15, 0.2) is 59.0 Å². The average molecular weight is 307 g/mol. The van der Waals surface area contributed by atoms with Crippen LogP contribution >= 0.6 is 0 Å². The van der Waals surface area contributed by atoms with Crippen LogP contribution in [0.1, 0.15) is 15.9 Å². The SMILES string of the molecule is Cc1c(N=NC(=O)c2ccncc2)c(O)c2ccccc2c1O. The van der Waals surface area contributed by atoms with E-state index in [0.717, 1.165) is 0 Å². The van der Waals surface area contributed by atoms with Crippen molar-refractivity contribution in [2.24, 2.45) is 10.2 Å². The van der Waals surface area contributed by atoms with Crippen molar-refractivity contribution in [3.8, 4) is 11.5 Å². The molecule has 2 aromatic carbocycles. The van der Waals surface area contributed by atoms with Gasteiger partial charge in [0, 0.05) is 34.3 Å². The number of pyridine rings is 1. The fourth-order valence-electron chi connectivity index (χ4n) is 2.29. The minimum Gasteiger partial charge on any atom is -0.507 e. The first-order chi connectivity index (χ1) is 11.1. The van der Waals surface area contributed by atoms with E-state index in [1.54, 1.807) is 31.2 Å². The van der Waals surface area contributed by atoms with Gasteiger partial charge in [0.15, 0.2) is 5.75 Å². The molecular formula is C17H13N3O3. The molecular weight excluding hydrogens is 294 g/mol. The summed E-state index contributed by atoms with van der Waals surface area (Å²) in [6.07, 6.45) is 2.96. The van der Waals surface area contributed by atoms with Crippen LogP contribution in [0.5, 0.6) is 11.5 Å². The predicted octanol–water partition coefficient (Wildman–Crippen LogP) is 3.88. The molecule has 0 spiro atoms. The third-order valence-electron chi connectivity index (χ3n) is 3.54. The zero-order valence-electron chi connectivity index (χ0n) is 12.3. The first-order valence-corrected chi connectivity index (χ1v) is 6.89. The van der Waals surface area contributed by atoms with Crippen molar-refractivity contribution in [1.82, 2.24) is 4.98 Å². The highest BCUT2D eigenvalue weighted by molar-refractivity contribution is 5.99. The van der Waals surface area contributed by atoms with Crippen molar-refractivity contribution in [2.75, 3.05) is 0 Å². The molecule has 2 N–H and O–H groups in total. The molecule has 0 fully saturated rings. The average Bonchev–Trinajstić information content (AvgIpc) is 2.60. The Labute approximate surface area is 131 Å². The molecule has 3 rings (SSSR count). The maximum absolute atomic E-state index is 12.0. The molecule has 0 aliphatic carbocycles. The third-order valence-corrected chi connectivity index (χ3v) is 3.54. The largest absolute Gasteiger partial charge is 0.507 e. The van der Waals surface area contributed by atoms with Gasteiger partial charge >= 0.3 is 0 Å². The lowest BCUT2D eigenvalue weighted by molar-refractivity contribution is 0.0995. The second kappa shape index (κ2) is 5.84. The number of phenols is 2. The van der Waals surface area contributed by atoms with Crippen molar-refractivity contribution in [3.05, 3.63) is 59.9 Å². The summed E-state index contributed by atoms with van der Waals surface area (Å²) in [4.78, 5) is 15.8. The number of hydrogen-bond acceptors (Lipinski definition) is 5. The minimum absolute atomic E-state index is 0.00344. The molecule has 3 aromatic rings. The van der Waals surface area contributed by atoms with Gasteiger partial charge in [-0.1, -0.05) is 24.3 Å². The summed E-state index contributed by atoms with van der Waals surface area (Å²) in [5.74, 6) is -0.676. The van der Waals surface area contributed by atoms with Crippen LogP contribution in [0, 0.1) is 6.92 Å². The van der Waals surface area contributed by atoms with Crippen LogP contribution in [0.3, 0.4) is 0 Å². The first-order valence-electron chi connectivity index (χ1n) is 6.89. The number of carbonyl (C=O) groups excluding carboxylic acids is 1. The van der Waals surface area contributed by atoms with Crippen molar-refractivity contribution in [3.63, 3.8) is 0 Å². The number of hydrogen-bond donors (Lipinski definition) is 2. The lowest BCUT2D eigenvalue weighted by Crippen LogP contribution is -1.93. The molecule has 0 aliphatic rings. The highest BCUT2D eigenvalue weighted by Gasteiger charge is 2.16. The summed E-state index contributed by atoms with van der Waals surface area (Å²) >= 11 is 0. The second-order valence-corrected chi connectivity index (χ2v) is 4.96. The molecule has 23 heavy (non-hydrogen) atoms. The topological polar surface area (TPSA) is 95.1 Å². The molecule has 114 valence electrons. The molecule has 1 heterocycles. The Kier molecular flexibility index (Phi) is 3.72. The van der Waals surface area contributed by atoms with Gasteiger partial charge in [0.1, 0.15) is 11.4 Å². The summed E-state index contributed by atoms with van der Waals surface area (Å²) in [6, 6.07) is 9.89. The molecule has 0 bridgehead atoms. The van der Waals surface area contributed by atoms with Gasteiger partial charge in [-0.3, -0.25) is 9.78 Å². The molecule has 1 amide bonds. The maximum atomic E-state index is 12.0. The summed E-state index contributed by atoms with van der Waals surface area (Å²) in [7, 11) is 0. The molecule has 0 saturated carbocycles. The van der Waals surface area contributed by atoms with Crippen LogP contribution in [0.25, 0.3) is 10.8 Å². The summed E-state index contributed by atoms with van der Waals surface area (Å²) in [6.45, 7) is 1.60. The van der Waals surface area contributed by atoms with E-state index in [2.05, 4.69) is 15.2 Å². The summed E-state index contributed by atoms with van der Waals surface area (Å²) < 4.78 is 0. The van der Waals surface area contributed by atoms with E-state index >= 15 is 0 Å². The highest BCUT2D eigenvalue weighted by Crippen LogP contribution is 2.44. The Morgan fingerprint density at radius 2 is 1.61 bits per heavy atom. The van der Waals surface area contributed by atoms with Crippen LogP contribution in [0.2, 0.25) is 0 Å². The van der Waals surface area contributed by atoms with Gasteiger partial charge in [0.25, 0.3) is 5.91 Å². The number of aromatic nitrogens is 1. The van der Waals surface area contributed by atoms with E-state index in [0.29, 0.717) is 21.9 Å². The number of fused-ring (bicyclic) bond motifs is 1. The lowest BCUT2D eigenvalue weighted by Gasteiger charge is -2.10. The Hall–Kier alpha value is -3.28. The number of phenolic OH excluding ortho intramolecular Hbond substituents is 2. The van der Waals surface area contributed by atoms with Crippen LogP contribution in [-0.2, 0) is 0 Å². The van der Waals surface area contributed by atoms with Gasteiger partial charge in [0.05, 0.1) is 0 Å². The van der Waals surface area contributed by atoms with Crippen LogP contribution in [-0.4, -0.2) is 21.1 Å². The third kappa shape index (κ3) is 2.62. The Morgan fingerprint density at radius 3 is 2.26 bits per heavy atom. The van der Waals surface area contributed by atoms with Gasteiger partial charge in [-0.15, -0.1) is 10.2 Å². The molecule has 0 unspecified atom stereocenters. The van der Waals surface area contributed by atoms with E-state index in [-0.39, 0.29) is 17.2 Å². The zero-order valence-corrected chi connectivity index (χ0v) is 12.3. The standard InChI is InChI=1S/C17H13N3O3/c1-10-14(19-20-17(23)11-6-8-18-9-7-11)16(22)13-5-3-2-4-12(13)15(10)21/h2-9,21-22H,1H3. The number of aromatic hydroxyl groups is 2. The van der Waals surface area contributed by atoms with Crippen molar-refractivity contribution in [1.29, 1.82) is 0 Å². The van der Waals surface area contributed by atoms with Gasteiger partial charge in [-0.25, -0.2) is 0 Å². The normalized spacial score (nSPS) is 11.2. The first kappa shape index (κ1) is 14.6. The molecule has 0 saturated heterocycles. The number of carbonyl (C=O) groups is 1. The predicted molar refractivity (Wildman–Crippen MR) is 85.1 cm³/mol. The molecule has 0 aliphatic heterocycles. The van der Waals surface area contributed by atoms with Crippen molar-refractivity contribution >= 4 is 22.4 Å². The van der Waals surface area contributed by atoms with E-state index in [1.807, 2.05) is 0 Å². The molecule has 0 atom stereocenters. The number of rotatable bonds is 2. The molecule has 1 aromatic heterocycles. The second-order valence-electron chi connectivity index (χ2n) is 4.96. The molecule has 6 nitrogen and oxygen atoms in total. The quantitative estimate of drug-likeness (QED) is 0.555. The van der Waals surface area contributed by atoms with Crippen LogP contribution < -0.4 is 0 Å². The summed E-state index contributed by atoms with van der Waals surface area (Å²) in [5.41, 5.74) is 0.766.